The Morgan fingerprint density at radius 3 is 2.52 bits per heavy atom. The maximum Gasteiger partial charge on any atom is 0.433 e. The first-order valence-corrected chi connectivity index (χ1v) is 10.4. The first-order chi connectivity index (χ1) is 15.7. The van der Waals surface area contributed by atoms with Gasteiger partial charge in [0.25, 0.3) is 5.91 Å². The van der Waals surface area contributed by atoms with Crippen molar-refractivity contribution in [2.45, 2.75) is 11.1 Å². The second kappa shape index (κ2) is 8.92. The third-order valence-electron chi connectivity index (χ3n) is 4.49. The molecule has 0 bridgehead atoms. The number of aromatic nitrogens is 4. The summed E-state index contributed by atoms with van der Waals surface area (Å²) in [5.74, 6) is -0.524. The van der Waals surface area contributed by atoms with Gasteiger partial charge in [-0.05, 0) is 48.5 Å². The van der Waals surface area contributed by atoms with Crippen LogP contribution in [0, 0.1) is 0 Å². The lowest BCUT2D eigenvalue weighted by Gasteiger charge is -2.10. The van der Waals surface area contributed by atoms with Crippen LogP contribution in [0.15, 0.2) is 78.1 Å². The highest BCUT2D eigenvalue weighted by atomic mass is 32.2. The van der Waals surface area contributed by atoms with Crippen molar-refractivity contribution in [1.82, 2.24) is 19.7 Å². The highest BCUT2D eigenvalue weighted by molar-refractivity contribution is 7.79. The lowest BCUT2D eigenvalue weighted by Crippen LogP contribution is -2.15. The number of nitrogens with zero attached hydrogens (tertiary/aromatic N) is 4. The number of hydrogen-bond donors (Lipinski definition) is 2. The molecule has 4 aromatic rings. The third kappa shape index (κ3) is 4.96. The molecule has 0 spiro atoms. The summed E-state index contributed by atoms with van der Waals surface area (Å²) in [6, 6.07) is 12.3. The summed E-state index contributed by atoms with van der Waals surface area (Å²) in [6.45, 7) is 0. The van der Waals surface area contributed by atoms with Crippen LogP contribution in [-0.2, 0) is 17.3 Å². The van der Waals surface area contributed by atoms with Gasteiger partial charge in [-0.3, -0.25) is 9.78 Å². The van der Waals surface area contributed by atoms with Crippen LogP contribution in [0.3, 0.4) is 0 Å². The number of carbonyl (C=O) groups is 1. The van der Waals surface area contributed by atoms with Crippen LogP contribution >= 0.6 is 0 Å². The molecule has 1 aromatic carbocycles. The summed E-state index contributed by atoms with van der Waals surface area (Å²) in [6.07, 6.45) is -0.616. The fraction of sp³-hybridized carbons (Fsp3) is 0.0476. The molecule has 8 nitrogen and oxygen atoms in total. The van der Waals surface area contributed by atoms with Crippen molar-refractivity contribution < 1.29 is 26.7 Å². The summed E-state index contributed by atoms with van der Waals surface area (Å²) >= 11 is -2.25. The number of halogens is 3. The number of carbonyl (C=O) groups excluding carboxylic acids is 1. The predicted molar refractivity (Wildman–Crippen MR) is 113 cm³/mol. The lowest BCUT2D eigenvalue weighted by atomic mass is 10.2. The molecule has 1 amide bonds. The molecule has 0 aliphatic heterocycles. The molecule has 4 rings (SSSR count). The fourth-order valence-electron chi connectivity index (χ4n) is 2.95. The highest BCUT2D eigenvalue weighted by Gasteiger charge is 2.36. The molecule has 1 atom stereocenters. The fourth-order valence-corrected chi connectivity index (χ4v) is 3.38. The molecule has 12 heteroatoms. The Bertz CT molecular complexity index is 1330. The number of benzene rings is 1. The van der Waals surface area contributed by atoms with Crippen molar-refractivity contribution in [3.05, 3.63) is 84.4 Å². The van der Waals surface area contributed by atoms with Crippen LogP contribution in [0.1, 0.15) is 16.1 Å². The summed E-state index contributed by atoms with van der Waals surface area (Å²) in [7, 11) is 0. The van der Waals surface area contributed by atoms with Crippen molar-refractivity contribution in [2.75, 3.05) is 5.32 Å². The molecular formula is C21H14F3N5O3S. The quantitative estimate of drug-likeness (QED) is 0.421. The second-order valence-electron chi connectivity index (χ2n) is 6.70. The molecule has 3 aromatic heterocycles. The van der Waals surface area contributed by atoms with Gasteiger partial charge >= 0.3 is 6.18 Å². The van der Waals surface area contributed by atoms with Crippen LogP contribution in [0.2, 0.25) is 0 Å². The van der Waals surface area contributed by atoms with Gasteiger partial charge in [-0.1, -0.05) is 6.07 Å². The van der Waals surface area contributed by atoms with E-state index >= 15 is 0 Å². The molecule has 0 saturated heterocycles. The van der Waals surface area contributed by atoms with E-state index in [9.17, 15) is 22.2 Å². The van der Waals surface area contributed by atoms with Gasteiger partial charge in [-0.2, -0.15) is 18.3 Å². The van der Waals surface area contributed by atoms with E-state index < -0.39 is 28.9 Å². The first-order valence-electron chi connectivity index (χ1n) is 9.29. The predicted octanol–water partition coefficient (Wildman–Crippen LogP) is 4.18. The van der Waals surface area contributed by atoms with Gasteiger partial charge in [0.1, 0.15) is 11.5 Å². The molecule has 0 saturated carbocycles. The molecule has 0 fully saturated rings. The van der Waals surface area contributed by atoms with E-state index in [-0.39, 0.29) is 27.7 Å². The average Bonchev–Trinajstić information content (AvgIpc) is 3.26. The molecule has 0 aliphatic rings. The molecule has 1 unspecified atom stereocenters. The van der Waals surface area contributed by atoms with Crippen LogP contribution < -0.4 is 5.32 Å². The van der Waals surface area contributed by atoms with Crippen LogP contribution in [0.4, 0.5) is 19.0 Å². The summed E-state index contributed by atoms with van der Waals surface area (Å²) in [5.41, 5.74) is -0.325. The van der Waals surface area contributed by atoms with E-state index in [0.717, 1.165) is 16.9 Å². The number of hydrogen-bond acceptors (Lipinski definition) is 5. The first kappa shape index (κ1) is 22.3. The van der Waals surface area contributed by atoms with E-state index in [4.69, 9.17) is 4.55 Å². The van der Waals surface area contributed by atoms with Crippen LogP contribution in [-0.4, -0.2) is 34.4 Å². The number of anilines is 1. The van der Waals surface area contributed by atoms with Gasteiger partial charge in [0, 0.05) is 23.5 Å². The molecule has 0 radical (unpaired) electrons. The maximum atomic E-state index is 13.6. The van der Waals surface area contributed by atoms with Crippen molar-refractivity contribution in [2.24, 2.45) is 0 Å². The molecule has 33 heavy (non-hydrogen) atoms. The zero-order chi connectivity index (χ0) is 23.6. The highest BCUT2D eigenvalue weighted by Crippen LogP contribution is 2.34. The topological polar surface area (TPSA) is 110 Å². The Morgan fingerprint density at radius 1 is 1.06 bits per heavy atom. The Kier molecular flexibility index (Phi) is 6.03. The minimum atomic E-state index is -4.67. The Hall–Kier alpha value is -3.90. The Balaban J connectivity index is 1.61. The van der Waals surface area contributed by atoms with Gasteiger partial charge in [-0.15, -0.1) is 0 Å². The van der Waals surface area contributed by atoms with E-state index in [0.29, 0.717) is 5.56 Å². The lowest BCUT2D eigenvalue weighted by molar-refractivity contribution is -0.142. The monoisotopic (exact) mass is 473 g/mol. The third-order valence-corrected chi connectivity index (χ3v) is 5.15. The van der Waals surface area contributed by atoms with Gasteiger partial charge in [0.2, 0.25) is 0 Å². The number of amides is 1. The number of pyridine rings is 2. The Labute approximate surface area is 187 Å². The van der Waals surface area contributed by atoms with Crippen molar-refractivity contribution >= 4 is 22.8 Å². The van der Waals surface area contributed by atoms with Gasteiger partial charge in [0.05, 0.1) is 22.5 Å². The minimum Gasteiger partial charge on any atom is -0.307 e. The molecule has 0 aliphatic carbocycles. The van der Waals surface area contributed by atoms with E-state index in [1.165, 1.54) is 48.8 Å². The van der Waals surface area contributed by atoms with Crippen molar-refractivity contribution in [3.8, 4) is 16.9 Å². The standard InChI is InChI=1S/C21H14F3N5O3S/c22-21(23,24)18-10-17(14-4-2-8-25-11-14)28-29(18)15-6-7-19(26-12-15)27-20(30)13-3-1-5-16(9-13)33(31)32/h1-12H,(H,31,32)(H,26,27,30). The number of rotatable bonds is 5. The molecule has 168 valence electrons. The SMILES string of the molecule is O=C(Nc1ccc(-n2nc(-c3cccnc3)cc2C(F)(F)F)cn1)c1cccc(S(=O)O)c1. The zero-order valence-electron chi connectivity index (χ0n) is 16.5. The molecule has 2 N–H and O–H groups in total. The second-order valence-corrected chi connectivity index (χ2v) is 7.67. The van der Waals surface area contributed by atoms with Crippen LogP contribution in [0.25, 0.3) is 16.9 Å². The summed E-state index contributed by atoms with van der Waals surface area (Å²) < 4.78 is 61.8. The van der Waals surface area contributed by atoms with E-state index in [1.807, 2.05) is 0 Å². The number of nitrogens with one attached hydrogen (secondary N) is 1. The van der Waals surface area contributed by atoms with Crippen molar-refractivity contribution in [1.29, 1.82) is 0 Å². The normalized spacial score (nSPS) is 12.4. The van der Waals surface area contributed by atoms with Gasteiger partial charge in [-0.25, -0.2) is 13.9 Å². The number of alkyl halides is 3. The van der Waals surface area contributed by atoms with Gasteiger partial charge in [0.15, 0.2) is 11.1 Å². The smallest absolute Gasteiger partial charge is 0.307 e. The maximum absolute atomic E-state index is 13.6. The largest absolute Gasteiger partial charge is 0.433 e. The minimum absolute atomic E-state index is 0.0353. The van der Waals surface area contributed by atoms with Crippen molar-refractivity contribution in [3.63, 3.8) is 0 Å². The summed E-state index contributed by atoms with van der Waals surface area (Å²) in [4.78, 5) is 20.3. The van der Waals surface area contributed by atoms with Crippen LogP contribution in [0.5, 0.6) is 0 Å². The molecule has 3 heterocycles. The zero-order valence-corrected chi connectivity index (χ0v) is 17.3. The summed E-state index contributed by atoms with van der Waals surface area (Å²) in [5, 5.41) is 6.55. The average molecular weight is 473 g/mol. The Morgan fingerprint density at radius 2 is 1.88 bits per heavy atom. The van der Waals surface area contributed by atoms with E-state index in [2.05, 4.69) is 20.4 Å². The van der Waals surface area contributed by atoms with E-state index in [1.54, 1.807) is 12.1 Å². The van der Waals surface area contributed by atoms with Gasteiger partial charge < -0.3 is 9.87 Å². The molecular weight excluding hydrogens is 459 g/mol.